The predicted molar refractivity (Wildman–Crippen MR) is 152 cm³/mol. The van der Waals surface area contributed by atoms with Crippen molar-refractivity contribution in [2.45, 2.75) is 12.8 Å². The van der Waals surface area contributed by atoms with Gasteiger partial charge in [-0.1, -0.05) is 64.3 Å². The predicted octanol–water partition coefficient (Wildman–Crippen LogP) is 5.95. The van der Waals surface area contributed by atoms with Crippen LogP contribution in [0.3, 0.4) is 0 Å². The molecule has 8 heteroatoms. The van der Waals surface area contributed by atoms with Gasteiger partial charge >= 0.3 is 0 Å². The topological polar surface area (TPSA) is 79.9 Å². The number of carbonyl (C=O) groups excluding carboxylic acids is 2. The highest BCUT2D eigenvalue weighted by atomic mass is 79.9. The molecule has 0 fully saturated rings. The lowest BCUT2D eigenvalue weighted by molar-refractivity contribution is 0.0490. The number of anilines is 1. The molecule has 2 amide bonds. The van der Waals surface area contributed by atoms with Crippen LogP contribution in [0.25, 0.3) is 0 Å². The summed E-state index contributed by atoms with van der Waals surface area (Å²) < 4.78 is 12.1. The van der Waals surface area contributed by atoms with Crippen LogP contribution in [0.5, 0.6) is 11.5 Å². The molecule has 2 N–H and O–H groups in total. The number of hydrazine groups is 1. The number of terminal acetylenes is 1. The number of nitrogens with zero attached hydrogens (tertiary/aromatic N) is 1. The van der Waals surface area contributed by atoms with Crippen LogP contribution < -0.4 is 20.2 Å². The average Bonchev–Trinajstić information content (AvgIpc) is 2.98. The van der Waals surface area contributed by atoms with Gasteiger partial charge in [0.25, 0.3) is 11.8 Å². The summed E-state index contributed by atoms with van der Waals surface area (Å²) in [4.78, 5) is 26.9. The van der Waals surface area contributed by atoms with Gasteiger partial charge in [-0.15, -0.1) is 6.42 Å². The van der Waals surface area contributed by atoms with E-state index in [4.69, 9.17) is 15.9 Å². The number of halogens is 1. The minimum Gasteiger partial charge on any atom is -0.489 e. The largest absolute Gasteiger partial charge is 0.489 e. The van der Waals surface area contributed by atoms with E-state index in [0.717, 1.165) is 10.0 Å². The molecule has 0 saturated carbocycles. The Balaban J connectivity index is 1.38. The summed E-state index contributed by atoms with van der Waals surface area (Å²) in [5.41, 5.74) is 5.98. The second kappa shape index (κ2) is 11.8. The fourth-order valence-corrected chi connectivity index (χ4v) is 4.61. The maximum Gasteiger partial charge on any atom is 0.276 e. The van der Waals surface area contributed by atoms with Crippen LogP contribution in [0.4, 0.5) is 5.69 Å². The van der Waals surface area contributed by atoms with Gasteiger partial charge in [0.15, 0.2) is 0 Å². The van der Waals surface area contributed by atoms with Crippen molar-refractivity contribution in [3.8, 4) is 23.8 Å². The van der Waals surface area contributed by atoms with Gasteiger partial charge < -0.3 is 14.8 Å². The number of nitrogens with one attached hydrogen (secondary N) is 2. The Bertz CT molecular complexity index is 1530. The molecular weight excluding hydrogens is 558 g/mol. The Morgan fingerprint density at radius 3 is 2.44 bits per heavy atom. The third-order valence-corrected chi connectivity index (χ3v) is 6.82. The molecule has 1 heterocycles. The molecule has 0 bridgehead atoms. The van der Waals surface area contributed by atoms with E-state index >= 15 is 0 Å². The molecule has 0 radical (unpaired) electrons. The average molecular weight is 582 g/mol. The lowest BCUT2D eigenvalue weighted by Crippen LogP contribution is -2.53. The number of hydrogen-bond donors (Lipinski definition) is 2. The van der Waals surface area contributed by atoms with Gasteiger partial charge in [-0.2, -0.15) is 0 Å². The van der Waals surface area contributed by atoms with E-state index in [1.807, 2.05) is 48.5 Å². The molecule has 1 aliphatic rings. The number of hydrogen-bond acceptors (Lipinski definition) is 5. The number of benzene rings is 4. The van der Waals surface area contributed by atoms with Gasteiger partial charge in [0.05, 0.1) is 5.56 Å². The van der Waals surface area contributed by atoms with Crippen molar-refractivity contribution in [3.63, 3.8) is 0 Å². The van der Waals surface area contributed by atoms with Crippen molar-refractivity contribution in [1.82, 2.24) is 10.4 Å². The van der Waals surface area contributed by atoms with Crippen molar-refractivity contribution in [3.05, 3.63) is 124 Å². The van der Waals surface area contributed by atoms with Crippen molar-refractivity contribution >= 4 is 33.4 Å². The lowest BCUT2D eigenvalue weighted by atomic mass is 10.0. The Morgan fingerprint density at radius 2 is 1.67 bits per heavy atom. The first kappa shape index (κ1) is 25.9. The third-order valence-electron chi connectivity index (χ3n) is 6.10. The molecule has 0 saturated heterocycles. The molecule has 0 aliphatic carbocycles. The summed E-state index contributed by atoms with van der Waals surface area (Å²) >= 11 is 3.57. The molecule has 39 heavy (non-hydrogen) atoms. The molecule has 1 atom stereocenters. The summed E-state index contributed by atoms with van der Waals surface area (Å²) in [6, 6.07) is 29.1. The van der Waals surface area contributed by atoms with Gasteiger partial charge in [-0.05, 0) is 60.2 Å². The summed E-state index contributed by atoms with van der Waals surface area (Å²) in [5.74, 6) is 2.81. The molecular formula is C31H24BrN3O4. The Kier molecular flexibility index (Phi) is 7.80. The van der Waals surface area contributed by atoms with E-state index < -0.39 is 12.1 Å². The molecule has 4 aromatic carbocycles. The number of amides is 2. The second-order valence-corrected chi connectivity index (χ2v) is 9.54. The molecule has 1 aliphatic heterocycles. The van der Waals surface area contributed by atoms with Crippen molar-refractivity contribution in [2.75, 3.05) is 11.9 Å². The van der Waals surface area contributed by atoms with Crippen LogP contribution in [0.15, 0.2) is 102 Å². The maximum absolute atomic E-state index is 13.6. The van der Waals surface area contributed by atoms with Gasteiger partial charge in [0.2, 0.25) is 0 Å². The van der Waals surface area contributed by atoms with Crippen molar-refractivity contribution < 1.29 is 19.1 Å². The normalized spacial score (nSPS) is 14.0. The van der Waals surface area contributed by atoms with Gasteiger partial charge in [-0.25, -0.2) is 5.01 Å². The molecule has 0 spiro atoms. The van der Waals surface area contributed by atoms with E-state index in [9.17, 15) is 9.59 Å². The van der Waals surface area contributed by atoms with E-state index in [-0.39, 0.29) is 12.5 Å². The zero-order chi connectivity index (χ0) is 27.2. The number of fused-ring (bicyclic) bond motifs is 1. The Hall–Kier alpha value is -4.74. The number of carbonyl (C=O) groups is 2. The first-order chi connectivity index (χ1) is 19.0. The smallest absolute Gasteiger partial charge is 0.276 e. The number of rotatable bonds is 8. The Morgan fingerprint density at radius 1 is 0.949 bits per heavy atom. The summed E-state index contributed by atoms with van der Waals surface area (Å²) in [6.07, 6.45) is 4.61. The van der Waals surface area contributed by atoms with Gasteiger partial charge in [0, 0.05) is 21.3 Å². The van der Waals surface area contributed by atoms with E-state index in [0.29, 0.717) is 40.5 Å². The highest BCUT2D eigenvalue weighted by Gasteiger charge is 2.35. The van der Waals surface area contributed by atoms with Crippen LogP contribution in [0.1, 0.15) is 38.0 Å². The van der Waals surface area contributed by atoms with Crippen LogP contribution in [0, 0.1) is 12.3 Å². The second-order valence-electron chi connectivity index (χ2n) is 8.68. The van der Waals surface area contributed by atoms with Crippen LogP contribution in [-0.4, -0.2) is 23.4 Å². The highest BCUT2D eigenvalue weighted by Crippen LogP contribution is 2.36. The van der Waals surface area contributed by atoms with Crippen molar-refractivity contribution in [2.24, 2.45) is 0 Å². The monoisotopic (exact) mass is 581 g/mol. The molecule has 7 nitrogen and oxygen atoms in total. The third kappa shape index (κ3) is 5.89. The standard InChI is InChI=1S/C31H24BrN3O4/c1-2-18-38-24-16-17-27(32)26(19-24)29-33-28-11-7-6-10-25(28)31(37)35(29)34-30(36)22-12-14-23(15-13-22)39-20-21-8-4-3-5-9-21/h1,3-17,19,29,33H,18,20H2,(H,34,36)/t29-/m1/s1. The number of ether oxygens (including phenoxy) is 2. The minimum atomic E-state index is -0.728. The molecule has 5 rings (SSSR count). The lowest BCUT2D eigenvalue weighted by Gasteiger charge is -2.38. The molecule has 194 valence electrons. The van der Waals surface area contributed by atoms with E-state index in [2.05, 4.69) is 32.6 Å². The van der Waals surface area contributed by atoms with Gasteiger partial charge in [-0.3, -0.25) is 15.0 Å². The first-order valence-corrected chi connectivity index (χ1v) is 13.0. The summed E-state index contributed by atoms with van der Waals surface area (Å²) in [7, 11) is 0. The maximum atomic E-state index is 13.6. The van der Waals surface area contributed by atoms with Gasteiger partial charge in [0.1, 0.15) is 30.9 Å². The van der Waals surface area contributed by atoms with Crippen LogP contribution in [0.2, 0.25) is 0 Å². The summed E-state index contributed by atoms with van der Waals surface area (Å²) in [5, 5.41) is 4.65. The minimum absolute atomic E-state index is 0.104. The molecule has 0 unspecified atom stereocenters. The van der Waals surface area contributed by atoms with Crippen molar-refractivity contribution in [1.29, 1.82) is 0 Å². The fraction of sp³-hybridized carbons (Fsp3) is 0.0968. The highest BCUT2D eigenvalue weighted by molar-refractivity contribution is 9.10. The molecule has 0 aromatic heterocycles. The summed E-state index contributed by atoms with van der Waals surface area (Å²) in [6.45, 7) is 0.521. The zero-order valence-electron chi connectivity index (χ0n) is 20.8. The van der Waals surface area contributed by atoms with Crippen LogP contribution in [-0.2, 0) is 6.61 Å². The molecule has 4 aromatic rings. The quantitative estimate of drug-likeness (QED) is 0.251. The van der Waals surface area contributed by atoms with Crippen LogP contribution >= 0.6 is 15.9 Å². The van der Waals surface area contributed by atoms with E-state index in [1.165, 1.54) is 5.01 Å². The van der Waals surface area contributed by atoms with E-state index in [1.54, 1.807) is 48.5 Å². The fourth-order valence-electron chi connectivity index (χ4n) is 4.15. The Labute approximate surface area is 234 Å². The zero-order valence-corrected chi connectivity index (χ0v) is 22.4. The first-order valence-electron chi connectivity index (χ1n) is 12.2. The SMILES string of the molecule is C#CCOc1ccc(Br)c([C@@H]2Nc3ccccc3C(=O)N2NC(=O)c2ccc(OCc3ccccc3)cc2)c1. The number of para-hydroxylation sites is 1.